The summed E-state index contributed by atoms with van der Waals surface area (Å²) in [5.41, 5.74) is 7.53. The quantitative estimate of drug-likeness (QED) is 0.879. The number of hydrogen-bond acceptors (Lipinski definition) is 3. The lowest BCUT2D eigenvalue weighted by atomic mass is 10.1. The second kappa shape index (κ2) is 6.32. The summed E-state index contributed by atoms with van der Waals surface area (Å²) in [6.07, 6.45) is 1.22. The van der Waals surface area contributed by atoms with Crippen LogP contribution in [0.1, 0.15) is 24.9 Å². The van der Waals surface area contributed by atoms with Gasteiger partial charge in [0.1, 0.15) is 0 Å². The number of benzene rings is 1. The van der Waals surface area contributed by atoms with Crippen molar-refractivity contribution in [2.24, 2.45) is 5.73 Å². The van der Waals surface area contributed by atoms with Crippen LogP contribution in [0.2, 0.25) is 0 Å². The Morgan fingerprint density at radius 3 is 2.67 bits per heavy atom. The minimum Gasteiger partial charge on any atom is -0.323 e. The largest absolute Gasteiger partial charge is 0.323 e. The van der Waals surface area contributed by atoms with Gasteiger partial charge >= 0.3 is 0 Å². The summed E-state index contributed by atoms with van der Waals surface area (Å²) >= 11 is 0. The Labute approximate surface area is 111 Å². The first kappa shape index (κ1) is 13.5. The summed E-state index contributed by atoms with van der Waals surface area (Å²) < 4.78 is 0. The Bertz CT molecular complexity index is 352. The van der Waals surface area contributed by atoms with Crippen molar-refractivity contribution in [3.8, 4) is 0 Å². The van der Waals surface area contributed by atoms with Gasteiger partial charge in [-0.05, 0) is 19.0 Å². The van der Waals surface area contributed by atoms with E-state index in [2.05, 4.69) is 48.0 Å². The fourth-order valence-electron chi connectivity index (χ4n) is 2.70. The van der Waals surface area contributed by atoms with E-state index in [1.807, 2.05) is 6.07 Å². The van der Waals surface area contributed by atoms with Crippen LogP contribution in [-0.2, 0) is 0 Å². The van der Waals surface area contributed by atoms with E-state index in [9.17, 15) is 0 Å². The van der Waals surface area contributed by atoms with Gasteiger partial charge in [-0.2, -0.15) is 0 Å². The lowest BCUT2D eigenvalue weighted by Crippen LogP contribution is -2.52. The molecule has 0 bridgehead atoms. The molecule has 2 unspecified atom stereocenters. The molecule has 0 aliphatic carbocycles. The normalized spacial score (nSPS) is 24.1. The number of rotatable bonds is 4. The summed E-state index contributed by atoms with van der Waals surface area (Å²) in [4.78, 5) is 4.97. The summed E-state index contributed by atoms with van der Waals surface area (Å²) in [6, 6.07) is 11.2. The predicted octanol–water partition coefficient (Wildman–Crippen LogP) is 1.71. The molecule has 3 nitrogen and oxygen atoms in total. The highest BCUT2D eigenvalue weighted by atomic mass is 15.3. The van der Waals surface area contributed by atoms with Gasteiger partial charge in [-0.3, -0.25) is 4.90 Å². The van der Waals surface area contributed by atoms with Crippen LogP contribution in [-0.4, -0.2) is 49.1 Å². The Morgan fingerprint density at radius 2 is 2.00 bits per heavy atom. The third-order valence-electron chi connectivity index (χ3n) is 4.02. The van der Waals surface area contributed by atoms with Gasteiger partial charge in [-0.15, -0.1) is 0 Å². The number of nitrogens with zero attached hydrogens (tertiary/aromatic N) is 2. The predicted molar refractivity (Wildman–Crippen MR) is 76.5 cm³/mol. The third-order valence-corrected chi connectivity index (χ3v) is 4.02. The molecule has 1 heterocycles. The number of nitrogens with two attached hydrogens (primary N) is 1. The standard InChI is InChI=1S/C15H25N3/c1-3-14-11-18(10-9-17(14)2)12-15(16)13-7-5-4-6-8-13/h4-8,14-15H,3,9-12,16H2,1-2H3. The SMILES string of the molecule is CCC1CN(CC(N)c2ccccc2)CCN1C. The molecule has 0 radical (unpaired) electrons. The first-order chi connectivity index (χ1) is 8.70. The van der Waals surface area contributed by atoms with E-state index in [1.165, 1.54) is 12.0 Å². The zero-order valence-corrected chi connectivity index (χ0v) is 11.5. The highest BCUT2D eigenvalue weighted by Crippen LogP contribution is 2.15. The van der Waals surface area contributed by atoms with Crippen molar-refractivity contribution >= 4 is 0 Å². The second-order valence-corrected chi connectivity index (χ2v) is 5.32. The highest BCUT2D eigenvalue weighted by molar-refractivity contribution is 5.18. The fraction of sp³-hybridized carbons (Fsp3) is 0.600. The van der Waals surface area contributed by atoms with Crippen LogP contribution in [0, 0.1) is 0 Å². The van der Waals surface area contributed by atoms with Crippen LogP contribution in [0.5, 0.6) is 0 Å². The Kier molecular flexibility index (Phi) is 4.75. The first-order valence-electron chi connectivity index (χ1n) is 6.93. The Morgan fingerprint density at radius 1 is 1.28 bits per heavy atom. The molecule has 1 fully saturated rings. The molecule has 1 aromatic rings. The summed E-state index contributed by atoms with van der Waals surface area (Å²) in [6.45, 7) is 6.66. The number of hydrogen-bond donors (Lipinski definition) is 1. The molecule has 0 aromatic heterocycles. The minimum atomic E-state index is 0.132. The molecule has 18 heavy (non-hydrogen) atoms. The lowest BCUT2D eigenvalue weighted by molar-refractivity contribution is 0.0890. The van der Waals surface area contributed by atoms with E-state index >= 15 is 0 Å². The summed E-state index contributed by atoms with van der Waals surface area (Å²) in [5.74, 6) is 0. The zero-order valence-electron chi connectivity index (χ0n) is 11.5. The van der Waals surface area contributed by atoms with Crippen LogP contribution >= 0.6 is 0 Å². The van der Waals surface area contributed by atoms with Crippen molar-refractivity contribution in [2.75, 3.05) is 33.2 Å². The van der Waals surface area contributed by atoms with Gasteiger partial charge in [0.25, 0.3) is 0 Å². The molecule has 1 aliphatic heterocycles. The maximum atomic E-state index is 6.29. The summed E-state index contributed by atoms with van der Waals surface area (Å²) in [7, 11) is 2.22. The second-order valence-electron chi connectivity index (χ2n) is 5.32. The van der Waals surface area contributed by atoms with E-state index in [1.54, 1.807) is 0 Å². The van der Waals surface area contributed by atoms with Crippen LogP contribution in [0.3, 0.4) is 0 Å². The van der Waals surface area contributed by atoms with Gasteiger partial charge in [-0.1, -0.05) is 37.3 Å². The van der Waals surface area contributed by atoms with Crippen molar-refractivity contribution in [2.45, 2.75) is 25.4 Å². The molecule has 0 saturated carbocycles. The molecule has 1 aliphatic rings. The Balaban J connectivity index is 1.90. The van der Waals surface area contributed by atoms with E-state index in [4.69, 9.17) is 5.73 Å². The van der Waals surface area contributed by atoms with E-state index < -0.39 is 0 Å². The molecule has 1 aromatic carbocycles. The average molecular weight is 247 g/mol. The minimum absolute atomic E-state index is 0.132. The van der Waals surface area contributed by atoms with Crippen molar-refractivity contribution < 1.29 is 0 Å². The summed E-state index contributed by atoms with van der Waals surface area (Å²) in [5, 5.41) is 0. The first-order valence-corrected chi connectivity index (χ1v) is 6.93. The third kappa shape index (κ3) is 3.31. The fourth-order valence-corrected chi connectivity index (χ4v) is 2.70. The Hall–Kier alpha value is -0.900. The van der Waals surface area contributed by atoms with Crippen LogP contribution in [0.4, 0.5) is 0 Å². The number of likely N-dealkylation sites (N-methyl/N-ethyl adjacent to an activating group) is 1. The van der Waals surface area contributed by atoms with E-state index in [0.717, 1.165) is 26.2 Å². The average Bonchev–Trinajstić information content (AvgIpc) is 2.42. The van der Waals surface area contributed by atoms with Crippen molar-refractivity contribution in [3.63, 3.8) is 0 Å². The van der Waals surface area contributed by atoms with Gasteiger partial charge in [0.05, 0.1) is 0 Å². The van der Waals surface area contributed by atoms with Gasteiger partial charge in [0.2, 0.25) is 0 Å². The van der Waals surface area contributed by atoms with Gasteiger partial charge in [0.15, 0.2) is 0 Å². The van der Waals surface area contributed by atoms with Crippen molar-refractivity contribution in [3.05, 3.63) is 35.9 Å². The molecule has 0 amide bonds. The number of piperazine rings is 1. The smallest absolute Gasteiger partial charge is 0.0424 e. The zero-order chi connectivity index (χ0) is 13.0. The van der Waals surface area contributed by atoms with Crippen LogP contribution in [0.15, 0.2) is 30.3 Å². The maximum absolute atomic E-state index is 6.29. The van der Waals surface area contributed by atoms with Crippen LogP contribution < -0.4 is 5.73 Å². The van der Waals surface area contributed by atoms with Crippen molar-refractivity contribution in [1.29, 1.82) is 0 Å². The molecule has 2 atom stereocenters. The molecule has 3 heteroatoms. The molecular formula is C15H25N3. The van der Waals surface area contributed by atoms with Crippen molar-refractivity contribution in [1.82, 2.24) is 9.80 Å². The lowest BCUT2D eigenvalue weighted by Gasteiger charge is -2.40. The molecule has 2 rings (SSSR count). The van der Waals surface area contributed by atoms with Gasteiger partial charge < -0.3 is 10.6 Å². The maximum Gasteiger partial charge on any atom is 0.0424 e. The molecule has 0 spiro atoms. The monoisotopic (exact) mass is 247 g/mol. The van der Waals surface area contributed by atoms with Gasteiger partial charge in [0, 0.05) is 38.3 Å². The highest BCUT2D eigenvalue weighted by Gasteiger charge is 2.23. The van der Waals surface area contributed by atoms with Crippen LogP contribution in [0.25, 0.3) is 0 Å². The topological polar surface area (TPSA) is 32.5 Å². The molecular weight excluding hydrogens is 222 g/mol. The van der Waals surface area contributed by atoms with E-state index in [0.29, 0.717) is 6.04 Å². The molecule has 2 N–H and O–H groups in total. The van der Waals surface area contributed by atoms with Gasteiger partial charge in [-0.25, -0.2) is 0 Å². The van der Waals surface area contributed by atoms with E-state index in [-0.39, 0.29) is 6.04 Å². The molecule has 1 saturated heterocycles. The molecule has 100 valence electrons.